The first-order valence-corrected chi connectivity index (χ1v) is 13.8. The van der Waals surface area contributed by atoms with E-state index in [4.69, 9.17) is 0 Å². The van der Waals surface area contributed by atoms with Crippen molar-refractivity contribution in [2.24, 2.45) is 0 Å². The van der Waals surface area contributed by atoms with E-state index in [1.54, 1.807) is 12.4 Å². The fourth-order valence-corrected chi connectivity index (χ4v) is 5.94. The van der Waals surface area contributed by atoms with Gasteiger partial charge >= 0.3 is 0 Å². The Morgan fingerprint density at radius 1 is 0.561 bits per heavy atom. The number of fused-ring (bicyclic) bond motifs is 3. The van der Waals surface area contributed by atoms with Crippen molar-refractivity contribution in [1.29, 1.82) is 5.26 Å². The molecule has 0 N–H and O–H groups in total. The molecule has 41 heavy (non-hydrogen) atoms. The third-order valence-electron chi connectivity index (χ3n) is 8.00. The number of nitrogens with zero attached hydrogens (tertiary/aromatic N) is 3. The molecule has 2 aromatic heterocycles. The molecule has 0 bridgehead atoms. The minimum absolute atomic E-state index is 0.620. The molecule has 0 spiro atoms. The van der Waals surface area contributed by atoms with E-state index in [0.717, 1.165) is 27.8 Å². The smallest absolute Gasteiger partial charge is 0.0992 e. The molecule has 0 aliphatic carbocycles. The molecule has 0 aliphatic rings. The maximum Gasteiger partial charge on any atom is 0.0992 e. The summed E-state index contributed by atoms with van der Waals surface area (Å²) in [6, 6.07) is 43.0. The van der Waals surface area contributed by atoms with Crippen LogP contribution in [0.15, 0.2) is 128 Å². The van der Waals surface area contributed by atoms with Gasteiger partial charge in [-0.3, -0.25) is 4.98 Å². The standard InChI is InChI=1S/C38H27N3/c1-25-7-3-5-9-33(25)29-11-13-35-36-14-12-30(34-10-6-4-8-26(34)2)23-38(36)41(37(35)22-29)32-20-27(24-39)19-31(21-32)28-15-17-40-18-16-28/h3-23H,1-2H3. The number of rotatable bonds is 4. The Hall–Kier alpha value is -5.46. The average Bonchev–Trinajstić information content (AvgIpc) is 3.34. The van der Waals surface area contributed by atoms with Gasteiger partial charge in [0.1, 0.15) is 0 Å². The zero-order valence-corrected chi connectivity index (χ0v) is 23.0. The van der Waals surface area contributed by atoms with Gasteiger partial charge in [-0.05, 0) is 101 Å². The van der Waals surface area contributed by atoms with Gasteiger partial charge in [0.05, 0.1) is 22.7 Å². The first-order chi connectivity index (χ1) is 20.1. The number of aryl methyl sites for hydroxylation is 2. The van der Waals surface area contributed by atoms with Crippen LogP contribution in [0.1, 0.15) is 16.7 Å². The van der Waals surface area contributed by atoms with Gasteiger partial charge in [-0.25, -0.2) is 0 Å². The number of pyridine rings is 1. The van der Waals surface area contributed by atoms with E-state index in [1.807, 2.05) is 24.3 Å². The third kappa shape index (κ3) is 4.27. The second-order valence-corrected chi connectivity index (χ2v) is 10.5. The Morgan fingerprint density at radius 2 is 1.12 bits per heavy atom. The van der Waals surface area contributed by atoms with Crippen molar-refractivity contribution in [2.45, 2.75) is 13.8 Å². The minimum Gasteiger partial charge on any atom is -0.309 e. The Kier molecular flexibility index (Phi) is 5.95. The molecule has 3 heteroatoms. The Morgan fingerprint density at radius 3 is 1.66 bits per heavy atom. The van der Waals surface area contributed by atoms with Crippen LogP contribution in [0, 0.1) is 25.2 Å². The van der Waals surface area contributed by atoms with Gasteiger partial charge in [0.2, 0.25) is 0 Å². The SMILES string of the molecule is Cc1ccccc1-c1ccc2c3ccc(-c4ccccc4C)cc3n(-c3cc(C#N)cc(-c4ccncc4)c3)c2c1. The highest BCUT2D eigenvalue weighted by atomic mass is 15.0. The number of hydrogen-bond donors (Lipinski definition) is 0. The fourth-order valence-electron chi connectivity index (χ4n) is 5.94. The predicted molar refractivity (Wildman–Crippen MR) is 169 cm³/mol. The van der Waals surface area contributed by atoms with E-state index in [9.17, 15) is 5.26 Å². The second-order valence-electron chi connectivity index (χ2n) is 10.5. The molecule has 0 saturated heterocycles. The Labute approximate surface area is 239 Å². The summed E-state index contributed by atoms with van der Waals surface area (Å²) in [5.41, 5.74) is 13.1. The van der Waals surface area contributed by atoms with Gasteiger partial charge in [-0.1, -0.05) is 72.8 Å². The summed E-state index contributed by atoms with van der Waals surface area (Å²) in [7, 11) is 0. The van der Waals surface area contributed by atoms with Crippen LogP contribution in [-0.2, 0) is 0 Å². The molecule has 5 aromatic carbocycles. The molecule has 2 heterocycles. The van der Waals surface area contributed by atoms with Crippen LogP contribution in [0.2, 0.25) is 0 Å². The lowest BCUT2D eigenvalue weighted by Crippen LogP contribution is -1.97. The lowest BCUT2D eigenvalue weighted by molar-refractivity contribution is 1.18. The van der Waals surface area contributed by atoms with E-state index in [-0.39, 0.29) is 0 Å². The molecule has 0 saturated carbocycles. The molecule has 3 nitrogen and oxygen atoms in total. The molecule has 194 valence electrons. The first-order valence-electron chi connectivity index (χ1n) is 13.8. The van der Waals surface area contributed by atoms with Gasteiger partial charge in [0.25, 0.3) is 0 Å². The van der Waals surface area contributed by atoms with Crippen molar-refractivity contribution in [3.8, 4) is 45.1 Å². The molecular weight excluding hydrogens is 498 g/mol. The molecule has 0 radical (unpaired) electrons. The summed E-state index contributed by atoms with van der Waals surface area (Å²) in [5.74, 6) is 0. The highest BCUT2D eigenvalue weighted by Gasteiger charge is 2.17. The number of nitriles is 1. The number of benzene rings is 5. The van der Waals surface area contributed by atoms with Gasteiger partial charge in [0, 0.05) is 28.9 Å². The Bertz CT molecular complexity index is 2030. The Balaban J connectivity index is 1.57. The molecule has 0 atom stereocenters. The largest absolute Gasteiger partial charge is 0.309 e. The van der Waals surface area contributed by atoms with Crippen molar-refractivity contribution in [1.82, 2.24) is 9.55 Å². The van der Waals surface area contributed by atoms with Crippen molar-refractivity contribution in [3.63, 3.8) is 0 Å². The summed E-state index contributed by atoms with van der Waals surface area (Å²) in [4.78, 5) is 4.19. The summed E-state index contributed by atoms with van der Waals surface area (Å²) >= 11 is 0. The van der Waals surface area contributed by atoms with Gasteiger partial charge < -0.3 is 4.57 Å². The number of hydrogen-bond acceptors (Lipinski definition) is 2. The van der Waals surface area contributed by atoms with Crippen LogP contribution in [0.3, 0.4) is 0 Å². The summed E-state index contributed by atoms with van der Waals surface area (Å²) < 4.78 is 2.32. The normalized spacial score (nSPS) is 11.1. The minimum atomic E-state index is 0.620. The van der Waals surface area contributed by atoms with Crippen LogP contribution in [-0.4, -0.2) is 9.55 Å². The monoisotopic (exact) mass is 525 g/mol. The summed E-state index contributed by atoms with van der Waals surface area (Å²) in [5, 5.41) is 12.4. The fraction of sp³-hybridized carbons (Fsp3) is 0.0526. The quantitative estimate of drug-likeness (QED) is 0.229. The van der Waals surface area contributed by atoms with E-state index in [2.05, 4.69) is 120 Å². The van der Waals surface area contributed by atoms with Crippen molar-refractivity contribution < 1.29 is 0 Å². The van der Waals surface area contributed by atoms with Crippen LogP contribution in [0.4, 0.5) is 0 Å². The van der Waals surface area contributed by atoms with Gasteiger partial charge in [-0.15, -0.1) is 0 Å². The third-order valence-corrected chi connectivity index (χ3v) is 8.00. The van der Waals surface area contributed by atoms with Crippen LogP contribution >= 0.6 is 0 Å². The van der Waals surface area contributed by atoms with E-state index >= 15 is 0 Å². The van der Waals surface area contributed by atoms with E-state index in [1.165, 1.54) is 44.2 Å². The van der Waals surface area contributed by atoms with Gasteiger partial charge in [-0.2, -0.15) is 5.26 Å². The zero-order valence-electron chi connectivity index (χ0n) is 23.0. The molecular formula is C38H27N3. The molecule has 0 fully saturated rings. The van der Waals surface area contributed by atoms with E-state index in [0.29, 0.717) is 5.56 Å². The van der Waals surface area contributed by atoms with Crippen LogP contribution < -0.4 is 0 Å². The maximum absolute atomic E-state index is 10.0. The lowest BCUT2D eigenvalue weighted by atomic mass is 9.98. The summed E-state index contributed by atoms with van der Waals surface area (Å²) in [6.45, 7) is 4.31. The predicted octanol–water partition coefficient (Wildman–Crippen LogP) is 9.67. The molecule has 7 aromatic rings. The van der Waals surface area contributed by atoms with Crippen molar-refractivity contribution in [3.05, 3.63) is 144 Å². The van der Waals surface area contributed by atoms with Crippen molar-refractivity contribution >= 4 is 21.8 Å². The van der Waals surface area contributed by atoms with Crippen LogP contribution in [0.5, 0.6) is 0 Å². The van der Waals surface area contributed by atoms with Crippen LogP contribution in [0.25, 0.3) is 60.9 Å². The van der Waals surface area contributed by atoms with Gasteiger partial charge in [0.15, 0.2) is 0 Å². The lowest BCUT2D eigenvalue weighted by Gasteiger charge is -2.13. The topological polar surface area (TPSA) is 41.6 Å². The first kappa shape index (κ1) is 24.6. The number of aromatic nitrogens is 2. The molecule has 0 amide bonds. The highest BCUT2D eigenvalue weighted by Crippen LogP contribution is 2.38. The zero-order chi connectivity index (χ0) is 27.9. The highest BCUT2D eigenvalue weighted by molar-refractivity contribution is 6.11. The second kappa shape index (κ2) is 9.93. The van der Waals surface area contributed by atoms with E-state index < -0.39 is 0 Å². The average molecular weight is 526 g/mol. The molecule has 7 rings (SSSR count). The van der Waals surface area contributed by atoms with Crippen molar-refractivity contribution in [2.75, 3.05) is 0 Å². The molecule has 0 aliphatic heterocycles. The maximum atomic E-state index is 10.0. The molecule has 0 unspecified atom stereocenters. The summed E-state index contributed by atoms with van der Waals surface area (Å²) in [6.07, 6.45) is 3.58.